The molecule has 1 unspecified atom stereocenters. The van der Waals surface area contributed by atoms with E-state index in [1.807, 2.05) is 6.92 Å². The van der Waals surface area contributed by atoms with Crippen LogP contribution >= 0.6 is 0 Å². The van der Waals surface area contributed by atoms with Gasteiger partial charge in [-0.1, -0.05) is 12.1 Å². The first-order valence-electron chi connectivity index (χ1n) is 4.92. The average Bonchev–Trinajstić information content (AvgIpc) is 2.18. The van der Waals surface area contributed by atoms with Gasteiger partial charge in [0.25, 0.3) is 0 Å². The molecule has 1 aromatic rings. The maximum absolute atomic E-state index is 12.8. The Kier molecular flexibility index (Phi) is 2.34. The third kappa shape index (κ3) is 1.93. The monoisotopic (exact) mass is 208 g/mol. The number of hydrogen-bond donors (Lipinski definition) is 2. The molecular formula is C11H13FN2O. The molecule has 2 rings (SSSR count). The Balaban J connectivity index is 2.28. The van der Waals surface area contributed by atoms with Gasteiger partial charge in [0.2, 0.25) is 0 Å². The molecule has 1 fully saturated rings. The van der Waals surface area contributed by atoms with E-state index in [1.54, 1.807) is 12.1 Å². The zero-order valence-corrected chi connectivity index (χ0v) is 8.51. The number of carbonyl (C=O) groups excluding carboxylic acids is 1. The van der Waals surface area contributed by atoms with Crippen LogP contribution < -0.4 is 10.6 Å². The molecule has 0 bridgehead atoms. The Labute approximate surface area is 87.7 Å². The quantitative estimate of drug-likeness (QED) is 0.725. The van der Waals surface area contributed by atoms with Gasteiger partial charge >= 0.3 is 6.03 Å². The van der Waals surface area contributed by atoms with Crippen molar-refractivity contribution in [2.75, 3.05) is 6.54 Å². The highest BCUT2D eigenvalue weighted by molar-refractivity contribution is 5.76. The number of hydrogen-bond acceptors (Lipinski definition) is 1. The van der Waals surface area contributed by atoms with Gasteiger partial charge in [0.1, 0.15) is 5.82 Å². The second-order valence-corrected chi connectivity index (χ2v) is 3.97. The van der Waals surface area contributed by atoms with Crippen molar-refractivity contribution in [3.8, 4) is 0 Å². The van der Waals surface area contributed by atoms with Gasteiger partial charge < -0.3 is 10.6 Å². The van der Waals surface area contributed by atoms with E-state index in [4.69, 9.17) is 0 Å². The van der Waals surface area contributed by atoms with Crippen LogP contribution in [0.15, 0.2) is 24.3 Å². The lowest BCUT2D eigenvalue weighted by molar-refractivity contribution is 0.211. The Hall–Kier alpha value is -1.58. The fraction of sp³-hybridized carbons (Fsp3) is 0.364. The molecule has 0 spiro atoms. The molecule has 2 amide bonds. The summed E-state index contributed by atoms with van der Waals surface area (Å²) in [5.74, 6) is -0.261. The molecule has 2 N–H and O–H groups in total. The number of rotatable bonds is 1. The fourth-order valence-corrected chi connectivity index (χ4v) is 1.82. The summed E-state index contributed by atoms with van der Waals surface area (Å²) in [5.41, 5.74) is 0.537. The normalized spacial score (nSPS) is 25.6. The van der Waals surface area contributed by atoms with Crippen LogP contribution in [0.3, 0.4) is 0 Å². The number of halogens is 1. The summed E-state index contributed by atoms with van der Waals surface area (Å²) >= 11 is 0. The van der Waals surface area contributed by atoms with Crippen molar-refractivity contribution in [3.63, 3.8) is 0 Å². The van der Waals surface area contributed by atoms with Gasteiger partial charge in [-0.3, -0.25) is 0 Å². The first-order valence-corrected chi connectivity index (χ1v) is 4.92. The molecule has 0 aromatic heterocycles. The van der Waals surface area contributed by atoms with E-state index in [2.05, 4.69) is 10.6 Å². The molecule has 1 aliphatic heterocycles. The van der Waals surface area contributed by atoms with Gasteiger partial charge in [0.05, 0.1) is 5.54 Å². The van der Waals surface area contributed by atoms with Crippen molar-refractivity contribution in [3.05, 3.63) is 35.6 Å². The number of nitrogens with one attached hydrogen (secondary N) is 2. The first-order chi connectivity index (χ1) is 7.10. The average molecular weight is 208 g/mol. The molecular weight excluding hydrogens is 195 g/mol. The van der Waals surface area contributed by atoms with E-state index >= 15 is 0 Å². The lowest BCUT2D eigenvalue weighted by atomic mass is 9.87. The van der Waals surface area contributed by atoms with Crippen molar-refractivity contribution in [2.45, 2.75) is 18.9 Å². The van der Waals surface area contributed by atoms with Crippen LogP contribution in [-0.2, 0) is 5.54 Å². The Morgan fingerprint density at radius 1 is 1.33 bits per heavy atom. The molecule has 0 aliphatic carbocycles. The topological polar surface area (TPSA) is 41.1 Å². The highest BCUT2D eigenvalue weighted by atomic mass is 19.1. The van der Waals surface area contributed by atoms with E-state index < -0.39 is 5.54 Å². The summed E-state index contributed by atoms with van der Waals surface area (Å²) in [6.07, 6.45) is 0.796. The molecule has 80 valence electrons. The van der Waals surface area contributed by atoms with Gasteiger partial charge in [-0.25, -0.2) is 9.18 Å². The number of urea groups is 1. The largest absolute Gasteiger partial charge is 0.338 e. The molecule has 1 atom stereocenters. The summed E-state index contributed by atoms with van der Waals surface area (Å²) in [6, 6.07) is 6.07. The SMILES string of the molecule is CC1(c2ccc(F)cc2)CCNC(=O)N1. The molecule has 1 heterocycles. The number of benzene rings is 1. The number of carbonyl (C=O) groups is 1. The summed E-state index contributed by atoms with van der Waals surface area (Å²) in [7, 11) is 0. The summed E-state index contributed by atoms with van der Waals surface area (Å²) in [6.45, 7) is 2.58. The van der Waals surface area contributed by atoms with Crippen molar-refractivity contribution in [1.82, 2.24) is 10.6 Å². The minimum absolute atomic E-state index is 0.173. The van der Waals surface area contributed by atoms with Gasteiger partial charge in [-0.2, -0.15) is 0 Å². The Morgan fingerprint density at radius 3 is 2.60 bits per heavy atom. The Morgan fingerprint density at radius 2 is 2.00 bits per heavy atom. The van der Waals surface area contributed by atoms with Crippen molar-refractivity contribution in [2.24, 2.45) is 0 Å². The van der Waals surface area contributed by atoms with Crippen LogP contribution in [0, 0.1) is 5.82 Å². The van der Waals surface area contributed by atoms with Crippen LogP contribution in [0.5, 0.6) is 0 Å². The zero-order valence-electron chi connectivity index (χ0n) is 8.51. The second kappa shape index (κ2) is 3.53. The van der Waals surface area contributed by atoms with E-state index in [1.165, 1.54) is 12.1 Å². The third-order valence-electron chi connectivity index (χ3n) is 2.78. The standard InChI is InChI=1S/C11H13FN2O/c1-11(6-7-13-10(15)14-11)8-2-4-9(12)5-3-8/h2-5H,6-7H2,1H3,(H2,13,14,15). The number of amides is 2. The maximum atomic E-state index is 12.8. The van der Waals surface area contributed by atoms with Crippen LogP contribution in [0.25, 0.3) is 0 Å². The molecule has 1 aromatic carbocycles. The van der Waals surface area contributed by atoms with E-state index in [0.29, 0.717) is 6.54 Å². The summed E-state index contributed by atoms with van der Waals surface area (Å²) in [5, 5.41) is 5.55. The predicted molar refractivity (Wildman–Crippen MR) is 54.9 cm³/mol. The first kappa shape index (κ1) is 9.96. The highest BCUT2D eigenvalue weighted by Gasteiger charge is 2.31. The van der Waals surface area contributed by atoms with Crippen molar-refractivity contribution < 1.29 is 9.18 Å². The van der Waals surface area contributed by atoms with E-state index in [-0.39, 0.29) is 11.8 Å². The predicted octanol–water partition coefficient (Wildman–Crippen LogP) is 1.74. The van der Waals surface area contributed by atoms with Crippen molar-refractivity contribution in [1.29, 1.82) is 0 Å². The third-order valence-corrected chi connectivity index (χ3v) is 2.78. The van der Waals surface area contributed by atoms with Crippen LogP contribution in [-0.4, -0.2) is 12.6 Å². The van der Waals surface area contributed by atoms with Gasteiger partial charge in [0.15, 0.2) is 0 Å². The van der Waals surface area contributed by atoms with Gasteiger partial charge in [0, 0.05) is 6.54 Å². The zero-order chi connectivity index (χ0) is 10.9. The molecule has 1 aliphatic rings. The Bertz CT molecular complexity index is 377. The van der Waals surface area contributed by atoms with Gasteiger partial charge in [-0.15, -0.1) is 0 Å². The van der Waals surface area contributed by atoms with Crippen LogP contribution in [0.1, 0.15) is 18.9 Å². The van der Waals surface area contributed by atoms with Gasteiger partial charge in [-0.05, 0) is 31.0 Å². The maximum Gasteiger partial charge on any atom is 0.315 e. The molecule has 0 radical (unpaired) electrons. The minimum Gasteiger partial charge on any atom is -0.338 e. The molecule has 0 saturated carbocycles. The highest BCUT2D eigenvalue weighted by Crippen LogP contribution is 2.26. The second-order valence-electron chi connectivity index (χ2n) is 3.97. The van der Waals surface area contributed by atoms with Crippen LogP contribution in [0.2, 0.25) is 0 Å². The van der Waals surface area contributed by atoms with Crippen LogP contribution in [0.4, 0.5) is 9.18 Å². The summed E-state index contributed by atoms with van der Waals surface area (Å²) < 4.78 is 12.8. The van der Waals surface area contributed by atoms with E-state index in [9.17, 15) is 9.18 Å². The smallest absolute Gasteiger partial charge is 0.315 e. The molecule has 1 saturated heterocycles. The molecule has 4 heteroatoms. The van der Waals surface area contributed by atoms with Crippen molar-refractivity contribution >= 4 is 6.03 Å². The van der Waals surface area contributed by atoms with E-state index in [0.717, 1.165) is 12.0 Å². The molecule has 15 heavy (non-hydrogen) atoms. The lowest BCUT2D eigenvalue weighted by Gasteiger charge is -2.35. The molecule has 3 nitrogen and oxygen atoms in total. The summed E-state index contributed by atoms with van der Waals surface area (Å²) in [4.78, 5) is 11.2. The lowest BCUT2D eigenvalue weighted by Crippen LogP contribution is -2.54. The minimum atomic E-state index is -0.393. The fourth-order valence-electron chi connectivity index (χ4n) is 1.82.